The largest absolute Gasteiger partial charge is 0.360 e. The number of carbonyl (C=O) groups is 2. The summed E-state index contributed by atoms with van der Waals surface area (Å²) in [6.07, 6.45) is 2.21. The fourth-order valence-corrected chi connectivity index (χ4v) is 3.22. The molecule has 7 heteroatoms. The molecule has 6 nitrogen and oxygen atoms in total. The van der Waals surface area contributed by atoms with E-state index in [1.165, 1.54) is 0 Å². The minimum Gasteiger partial charge on any atom is -0.360 e. The topological polar surface area (TPSA) is 66.7 Å². The molecule has 2 aliphatic rings. The molecule has 0 spiro atoms. The zero-order chi connectivity index (χ0) is 17.4. The quantitative estimate of drug-likeness (QED) is 0.845. The minimum atomic E-state index is -0.134. The second-order valence-corrected chi connectivity index (χ2v) is 6.92. The maximum Gasteiger partial charge on any atom is 0.276 e. The van der Waals surface area contributed by atoms with Gasteiger partial charge in [0, 0.05) is 48.7 Å². The number of amides is 2. The molecule has 0 radical (unpaired) electrons. The third-order valence-electron chi connectivity index (χ3n) is 4.65. The molecule has 0 N–H and O–H groups in total. The van der Waals surface area contributed by atoms with Gasteiger partial charge in [0.05, 0.1) is 0 Å². The van der Waals surface area contributed by atoms with Gasteiger partial charge >= 0.3 is 0 Å². The Kier molecular flexibility index (Phi) is 4.21. The molecule has 1 aliphatic heterocycles. The molecule has 1 aliphatic carbocycles. The van der Waals surface area contributed by atoms with Crippen molar-refractivity contribution >= 4 is 23.4 Å². The Morgan fingerprint density at radius 1 is 1.04 bits per heavy atom. The summed E-state index contributed by atoms with van der Waals surface area (Å²) < 4.78 is 5.25. The molecule has 1 saturated heterocycles. The van der Waals surface area contributed by atoms with Crippen molar-refractivity contribution in [3.05, 3.63) is 52.4 Å². The minimum absolute atomic E-state index is 0.0629. The first-order valence-corrected chi connectivity index (χ1v) is 8.80. The van der Waals surface area contributed by atoms with Crippen molar-refractivity contribution in [3.63, 3.8) is 0 Å². The van der Waals surface area contributed by atoms with E-state index in [2.05, 4.69) is 5.16 Å². The monoisotopic (exact) mass is 359 g/mol. The normalized spacial score (nSPS) is 17.6. The van der Waals surface area contributed by atoms with Crippen LogP contribution in [0.15, 0.2) is 34.9 Å². The molecule has 4 rings (SSSR count). The zero-order valence-corrected chi connectivity index (χ0v) is 14.4. The van der Waals surface area contributed by atoms with E-state index in [9.17, 15) is 9.59 Å². The smallest absolute Gasteiger partial charge is 0.276 e. The van der Waals surface area contributed by atoms with E-state index in [1.807, 2.05) is 0 Å². The molecule has 25 heavy (non-hydrogen) atoms. The van der Waals surface area contributed by atoms with Gasteiger partial charge in [-0.2, -0.15) is 0 Å². The van der Waals surface area contributed by atoms with Crippen molar-refractivity contribution in [2.45, 2.75) is 18.8 Å². The fraction of sp³-hybridized carbons (Fsp3) is 0.389. The Hall–Kier alpha value is -2.34. The van der Waals surface area contributed by atoms with E-state index in [1.54, 1.807) is 40.1 Å². The van der Waals surface area contributed by atoms with E-state index in [-0.39, 0.29) is 11.8 Å². The van der Waals surface area contributed by atoms with Crippen LogP contribution in [0, 0.1) is 0 Å². The number of rotatable bonds is 3. The molecular weight excluding hydrogens is 342 g/mol. The Morgan fingerprint density at radius 3 is 2.36 bits per heavy atom. The average Bonchev–Trinajstić information content (AvgIpc) is 3.37. The van der Waals surface area contributed by atoms with Crippen LogP contribution < -0.4 is 0 Å². The summed E-state index contributed by atoms with van der Waals surface area (Å²) in [5, 5.41) is 4.44. The van der Waals surface area contributed by atoms with E-state index >= 15 is 0 Å². The highest BCUT2D eigenvalue weighted by Gasteiger charge is 2.31. The molecule has 0 bridgehead atoms. The second kappa shape index (κ2) is 6.52. The maximum atomic E-state index is 12.5. The van der Waals surface area contributed by atoms with E-state index < -0.39 is 0 Å². The van der Waals surface area contributed by atoms with Gasteiger partial charge in [0.25, 0.3) is 11.8 Å². The Bertz CT molecular complexity index is 807. The molecule has 1 aromatic heterocycles. The Balaban J connectivity index is 1.37. The number of piperazine rings is 1. The highest BCUT2D eigenvalue weighted by atomic mass is 35.5. The van der Waals surface area contributed by atoms with Crippen molar-refractivity contribution in [1.29, 1.82) is 0 Å². The SMILES string of the molecule is O=C(c1cccc(Cl)c1)N1CCN(C(=O)c2cc(C3CC3)on2)CC1. The zero-order valence-electron chi connectivity index (χ0n) is 13.7. The third-order valence-corrected chi connectivity index (χ3v) is 4.89. The van der Waals surface area contributed by atoms with Crippen LogP contribution in [-0.4, -0.2) is 52.9 Å². The summed E-state index contributed by atoms with van der Waals surface area (Å²) in [5.74, 6) is 1.04. The molecule has 0 atom stereocenters. The third kappa shape index (κ3) is 3.39. The van der Waals surface area contributed by atoms with E-state index in [0.29, 0.717) is 48.4 Å². The number of nitrogens with zero attached hydrogens (tertiary/aromatic N) is 3. The van der Waals surface area contributed by atoms with Gasteiger partial charge in [0.15, 0.2) is 5.69 Å². The fourth-order valence-electron chi connectivity index (χ4n) is 3.03. The maximum absolute atomic E-state index is 12.5. The molecule has 2 amide bonds. The lowest BCUT2D eigenvalue weighted by atomic mass is 10.1. The molecule has 2 fully saturated rings. The van der Waals surface area contributed by atoms with Gasteiger partial charge in [0.1, 0.15) is 5.76 Å². The van der Waals surface area contributed by atoms with Gasteiger partial charge in [-0.1, -0.05) is 22.8 Å². The van der Waals surface area contributed by atoms with Crippen molar-refractivity contribution in [3.8, 4) is 0 Å². The van der Waals surface area contributed by atoms with Crippen LogP contribution in [-0.2, 0) is 0 Å². The van der Waals surface area contributed by atoms with Crippen LogP contribution in [0.3, 0.4) is 0 Å². The number of hydrogen-bond donors (Lipinski definition) is 0. The lowest BCUT2D eigenvalue weighted by Gasteiger charge is -2.34. The summed E-state index contributed by atoms with van der Waals surface area (Å²) >= 11 is 5.95. The summed E-state index contributed by atoms with van der Waals surface area (Å²) in [6.45, 7) is 1.95. The number of aromatic nitrogens is 1. The number of halogens is 1. The van der Waals surface area contributed by atoms with Crippen LogP contribution in [0.5, 0.6) is 0 Å². The summed E-state index contributed by atoms with van der Waals surface area (Å²) in [4.78, 5) is 28.5. The predicted octanol–water partition coefficient (Wildman–Crippen LogP) is 2.80. The van der Waals surface area contributed by atoms with Gasteiger partial charge in [0.2, 0.25) is 0 Å². The number of carbonyl (C=O) groups excluding carboxylic acids is 2. The standard InChI is InChI=1S/C18H18ClN3O3/c19-14-3-1-2-13(10-14)17(23)21-6-8-22(9-7-21)18(24)15-11-16(25-20-15)12-4-5-12/h1-3,10-12H,4-9H2. The molecule has 0 unspecified atom stereocenters. The first kappa shape index (κ1) is 16.1. The Labute approximate surface area is 150 Å². The summed E-state index contributed by atoms with van der Waals surface area (Å²) in [7, 11) is 0. The summed E-state index contributed by atoms with van der Waals surface area (Å²) in [6, 6.07) is 8.67. The van der Waals surface area contributed by atoms with E-state index in [4.69, 9.17) is 16.1 Å². The van der Waals surface area contributed by atoms with Gasteiger partial charge in [-0.3, -0.25) is 9.59 Å². The lowest BCUT2D eigenvalue weighted by molar-refractivity contribution is 0.0530. The lowest BCUT2D eigenvalue weighted by Crippen LogP contribution is -2.50. The molecular formula is C18H18ClN3O3. The second-order valence-electron chi connectivity index (χ2n) is 6.48. The van der Waals surface area contributed by atoms with Gasteiger partial charge in [-0.25, -0.2) is 0 Å². The predicted molar refractivity (Wildman–Crippen MR) is 91.7 cm³/mol. The summed E-state index contributed by atoms with van der Waals surface area (Å²) in [5.41, 5.74) is 0.925. The Morgan fingerprint density at radius 2 is 1.72 bits per heavy atom. The van der Waals surface area contributed by atoms with Crippen molar-refractivity contribution in [2.75, 3.05) is 26.2 Å². The van der Waals surface area contributed by atoms with Crippen LogP contribution in [0.1, 0.15) is 45.4 Å². The molecule has 1 aromatic carbocycles. The highest BCUT2D eigenvalue weighted by molar-refractivity contribution is 6.30. The highest BCUT2D eigenvalue weighted by Crippen LogP contribution is 2.40. The average molecular weight is 360 g/mol. The number of benzene rings is 1. The van der Waals surface area contributed by atoms with Crippen LogP contribution in [0.2, 0.25) is 5.02 Å². The van der Waals surface area contributed by atoms with Crippen molar-refractivity contribution < 1.29 is 14.1 Å². The molecule has 2 aromatic rings. The van der Waals surface area contributed by atoms with Crippen LogP contribution >= 0.6 is 11.6 Å². The van der Waals surface area contributed by atoms with Gasteiger partial charge in [-0.05, 0) is 31.0 Å². The first-order chi connectivity index (χ1) is 12.1. The first-order valence-electron chi connectivity index (χ1n) is 8.42. The van der Waals surface area contributed by atoms with Crippen LogP contribution in [0.25, 0.3) is 0 Å². The van der Waals surface area contributed by atoms with Gasteiger partial charge < -0.3 is 14.3 Å². The van der Waals surface area contributed by atoms with Crippen molar-refractivity contribution in [1.82, 2.24) is 15.0 Å². The van der Waals surface area contributed by atoms with Crippen LogP contribution in [0.4, 0.5) is 0 Å². The van der Waals surface area contributed by atoms with Crippen molar-refractivity contribution in [2.24, 2.45) is 0 Å². The molecule has 130 valence electrons. The molecule has 1 saturated carbocycles. The number of hydrogen-bond acceptors (Lipinski definition) is 4. The molecule has 2 heterocycles. The van der Waals surface area contributed by atoms with Gasteiger partial charge in [-0.15, -0.1) is 0 Å². The van der Waals surface area contributed by atoms with E-state index in [0.717, 1.165) is 18.6 Å².